The van der Waals surface area contributed by atoms with Gasteiger partial charge in [-0.25, -0.2) is 4.79 Å². The second-order valence-corrected chi connectivity index (χ2v) is 6.98. The van der Waals surface area contributed by atoms with Crippen molar-refractivity contribution in [3.63, 3.8) is 0 Å². The lowest BCUT2D eigenvalue weighted by molar-refractivity contribution is -0.151. The van der Waals surface area contributed by atoms with Gasteiger partial charge in [0, 0.05) is 32.8 Å². The predicted molar refractivity (Wildman–Crippen MR) is 86.5 cm³/mol. The smallest absolute Gasteiger partial charge is 0.318 e. The van der Waals surface area contributed by atoms with Crippen LogP contribution in [-0.4, -0.2) is 78.2 Å². The highest BCUT2D eigenvalue weighted by atomic mass is 16.5. The molecule has 2 saturated heterocycles. The molecule has 2 N–H and O–H groups in total. The predicted octanol–water partition coefficient (Wildman–Crippen LogP) is 0.519. The zero-order chi connectivity index (χ0) is 17.9. The van der Waals surface area contributed by atoms with Crippen LogP contribution in [0.4, 0.5) is 4.79 Å². The van der Waals surface area contributed by atoms with Crippen molar-refractivity contribution in [3.05, 3.63) is 0 Å². The Morgan fingerprint density at radius 1 is 1.33 bits per heavy atom. The van der Waals surface area contributed by atoms with Crippen molar-refractivity contribution in [1.29, 1.82) is 0 Å². The first-order valence-electron chi connectivity index (χ1n) is 8.39. The number of urea groups is 1. The Hall–Kier alpha value is -1.83. The van der Waals surface area contributed by atoms with Crippen molar-refractivity contribution < 1.29 is 24.2 Å². The summed E-state index contributed by atoms with van der Waals surface area (Å²) >= 11 is 0. The first-order chi connectivity index (χ1) is 11.3. The van der Waals surface area contributed by atoms with E-state index in [0.717, 1.165) is 6.42 Å². The maximum atomic E-state index is 12.8. The van der Waals surface area contributed by atoms with Crippen LogP contribution in [0, 0.1) is 5.41 Å². The maximum absolute atomic E-state index is 12.8. The molecule has 2 heterocycles. The van der Waals surface area contributed by atoms with E-state index >= 15 is 0 Å². The minimum Gasteiger partial charge on any atom is -0.481 e. The molecule has 0 aromatic carbocycles. The number of nitrogens with one attached hydrogen (secondary N) is 1. The van der Waals surface area contributed by atoms with Gasteiger partial charge in [-0.3, -0.25) is 9.59 Å². The van der Waals surface area contributed by atoms with Crippen LogP contribution in [0.25, 0.3) is 0 Å². The first-order valence-corrected chi connectivity index (χ1v) is 8.39. The quantitative estimate of drug-likeness (QED) is 0.759. The normalized spacial score (nSPS) is 26.9. The largest absolute Gasteiger partial charge is 0.481 e. The topological polar surface area (TPSA) is 99.2 Å². The van der Waals surface area contributed by atoms with Crippen molar-refractivity contribution >= 4 is 17.9 Å². The number of hydrogen-bond acceptors (Lipinski definition) is 4. The van der Waals surface area contributed by atoms with Gasteiger partial charge in [-0.1, -0.05) is 0 Å². The zero-order valence-corrected chi connectivity index (χ0v) is 14.6. The summed E-state index contributed by atoms with van der Waals surface area (Å²) in [4.78, 5) is 39.8. The summed E-state index contributed by atoms with van der Waals surface area (Å²) < 4.78 is 5.05. The lowest BCUT2D eigenvalue weighted by atomic mass is 9.88. The highest BCUT2D eigenvalue weighted by Gasteiger charge is 2.48. The summed E-state index contributed by atoms with van der Waals surface area (Å²) in [5, 5.41) is 12.3. The number of aliphatic carboxylic acids is 1. The number of nitrogens with zero attached hydrogens (tertiary/aromatic N) is 2. The molecule has 2 rings (SSSR count). The molecule has 8 heteroatoms. The summed E-state index contributed by atoms with van der Waals surface area (Å²) in [6, 6.07) is -0.737. The summed E-state index contributed by atoms with van der Waals surface area (Å²) in [5.41, 5.74) is -1.05. The molecular weight excluding hydrogens is 314 g/mol. The Morgan fingerprint density at radius 3 is 2.62 bits per heavy atom. The van der Waals surface area contributed by atoms with Gasteiger partial charge in [-0.2, -0.15) is 0 Å². The van der Waals surface area contributed by atoms with Crippen molar-refractivity contribution in [3.8, 4) is 0 Å². The van der Waals surface area contributed by atoms with E-state index in [1.54, 1.807) is 9.80 Å². The van der Waals surface area contributed by atoms with E-state index in [4.69, 9.17) is 4.74 Å². The van der Waals surface area contributed by atoms with Crippen LogP contribution >= 0.6 is 0 Å². The molecule has 136 valence electrons. The van der Waals surface area contributed by atoms with Crippen molar-refractivity contribution in [2.45, 2.75) is 45.2 Å². The number of carboxylic acid groups (broad SMARTS) is 1. The molecule has 0 aromatic heterocycles. The van der Waals surface area contributed by atoms with Crippen LogP contribution in [0.1, 0.15) is 33.1 Å². The van der Waals surface area contributed by atoms with E-state index in [2.05, 4.69) is 5.32 Å². The monoisotopic (exact) mass is 341 g/mol. The molecule has 8 nitrogen and oxygen atoms in total. The van der Waals surface area contributed by atoms with E-state index in [-0.39, 0.29) is 31.1 Å². The molecule has 0 bridgehead atoms. The Morgan fingerprint density at radius 2 is 2.04 bits per heavy atom. The van der Waals surface area contributed by atoms with Gasteiger partial charge in [0.1, 0.15) is 11.5 Å². The fourth-order valence-electron chi connectivity index (χ4n) is 3.50. The SMILES string of the molecule is COC[C@@]1(C(=O)O)CCN(C(=O)[C@@H]2CCCN2C(=O)NC(C)C)C1. The van der Waals surface area contributed by atoms with Gasteiger partial charge in [-0.05, 0) is 33.1 Å². The standard InChI is InChI=1S/C16H27N3O5/c1-11(2)17-15(23)19-7-4-5-12(19)13(20)18-8-6-16(9-18,10-24-3)14(21)22/h11-12H,4-10H2,1-3H3,(H,17,23)(H,21,22)/t12-,16+/m0/s1. The molecule has 24 heavy (non-hydrogen) atoms. The Balaban J connectivity index is 2.06. The highest BCUT2D eigenvalue weighted by molar-refractivity contribution is 5.89. The average molecular weight is 341 g/mol. The Labute approximate surface area is 142 Å². The van der Waals surface area contributed by atoms with E-state index in [0.29, 0.717) is 25.9 Å². The van der Waals surface area contributed by atoms with Crippen LogP contribution in [0.2, 0.25) is 0 Å². The zero-order valence-electron chi connectivity index (χ0n) is 14.6. The summed E-state index contributed by atoms with van der Waals surface area (Å²) in [6.45, 7) is 4.88. The molecule has 2 aliphatic rings. The molecule has 0 aliphatic carbocycles. The molecule has 0 radical (unpaired) electrons. The lowest BCUT2D eigenvalue weighted by Crippen LogP contribution is -2.52. The molecule has 0 saturated carbocycles. The third kappa shape index (κ3) is 3.63. The van der Waals surface area contributed by atoms with Crippen LogP contribution in [0.5, 0.6) is 0 Å². The molecular formula is C16H27N3O5. The minimum atomic E-state index is -1.05. The number of methoxy groups -OCH3 is 1. The molecule has 2 atom stereocenters. The number of rotatable bonds is 5. The number of likely N-dealkylation sites (tertiary alicyclic amines) is 2. The fraction of sp³-hybridized carbons (Fsp3) is 0.812. The molecule has 0 unspecified atom stereocenters. The molecule has 0 aromatic rings. The van der Waals surface area contributed by atoms with Crippen LogP contribution in [0.3, 0.4) is 0 Å². The Kier molecular flexibility index (Phi) is 5.69. The maximum Gasteiger partial charge on any atom is 0.318 e. The van der Waals surface area contributed by atoms with Gasteiger partial charge in [0.15, 0.2) is 0 Å². The minimum absolute atomic E-state index is 0.00185. The number of ether oxygens (including phenoxy) is 1. The van der Waals surface area contributed by atoms with Gasteiger partial charge >= 0.3 is 12.0 Å². The number of carbonyl (C=O) groups excluding carboxylic acids is 2. The third-order valence-corrected chi connectivity index (χ3v) is 4.75. The molecule has 3 amide bonds. The van der Waals surface area contributed by atoms with Crippen molar-refractivity contribution in [2.75, 3.05) is 33.4 Å². The van der Waals surface area contributed by atoms with Gasteiger partial charge in [0.2, 0.25) is 5.91 Å². The number of carboxylic acids is 1. The summed E-state index contributed by atoms with van der Waals surface area (Å²) in [5.74, 6) is -1.11. The van der Waals surface area contributed by atoms with Crippen molar-refractivity contribution in [1.82, 2.24) is 15.1 Å². The lowest BCUT2D eigenvalue weighted by Gasteiger charge is -2.29. The number of amides is 3. The molecule has 0 spiro atoms. The first kappa shape index (κ1) is 18.5. The third-order valence-electron chi connectivity index (χ3n) is 4.75. The van der Waals surface area contributed by atoms with E-state index in [9.17, 15) is 19.5 Å². The molecule has 2 aliphatic heterocycles. The van der Waals surface area contributed by atoms with E-state index in [1.165, 1.54) is 7.11 Å². The fourth-order valence-corrected chi connectivity index (χ4v) is 3.50. The second kappa shape index (κ2) is 7.38. The van der Waals surface area contributed by atoms with Crippen LogP contribution < -0.4 is 5.32 Å². The van der Waals surface area contributed by atoms with Gasteiger partial charge in [0.05, 0.1) is 6.61 Å². The van der Waals surface area contributed by atoms with Crippen LogP contribution in [0.15, 0.2) is 0 Å². The average Bonchev–Trinajstić information content (AvgIpc) is 3.13. The number of carbonyl (C=O) groups is 3. The number of hydrogen-bond donors (Lipinski definition) is 2. The Bertz CT molecular complexity index is 510. The van der Waals surface area contributed by atoms with Gasteiger partial charge < -0.3 is 25.0 Å². The van der Waals surface area contributed by atoms with Gasteiger partial charge in [-0.15, -0.1) is 0 Å². The summed E-state index contributed by atoms with van der Waals surface area (Å²) in [6.07, 6.45) is 1.76. The van der Waals surface area contributed by atoms with Gasteiger partial charge in [0.25, 0.3) is 0 Å². The summed E-state index contributed by atoms with van der Waals surface area (Å²) in [7, 11) is 1.46. The second-order valence-electron chi connectivity index (χ2n) is 6.98. The van der Waals surface area contributed by atoms with Crippen molar-refractivity contribution in [2.24, 2.45) is 5.41 Å². The van der Waals surface area contributed by atoms with E-state index < -0.39 is 17.4 Å². The van der Waals surface area contributed by atoms with E-state index in [1.807, 2.05) is 13.8 Å². The molecule has 2 fully saturated rings. The van der Waals surface area contributed by atoms with Crippen LogP contribution in [-0.2, 0) is 14.3 Å². The highest BCUT2D eigenvalue weighted by Crippen LogP contribution is 2.33.